The number of benzene rings is 2. The molecule has 0 aliphatic rings. The van der Waals surface area contributed by atoms with Crippen LogP contribution in [0.5, 0.6) is 0 Å². The summed E-state index contributed by atoms with van der Waals surface area (Å²) < 4.78 is 43.4. The zero-order chi connectivity index (χ0) is 29.8. The molecule has 40 heavy (non-hydrogen) atoms. The smallest absolute Gasteiger partial charge is 0.250 e. The van der Waals surface area contributed by atoms with Gasteiger partial charge in [-0.1, -0.05) is 42.6 Å². The predicted octanol–water partition coefficient (Wildman–Crippen LogP) is 6.04. The van der Waals surface area contributed by atoms with Gasteiger partial charge in [0.15, 0.2) is 9.84 Å². The Hall–Kier alpha value is -2.66. The number of halogens is 2. The highest BCUT2D eigenvalue weighted by atomic mass is 35.5. The minimum atomic E-state index is -3.43. The van der Waals surface area contributed by atoms with E-state index < -0.39 is 15.7 Å². The van der Waals surface area contributed by atoms with Crippen LogP contribution in [0.2, 0.25) is 5.02 Å². The molecule has 1 heterocycles. The van der Waals surface area contributed by atoms with Gasteiger partial charge in [0.2, 0.25) is 6.41 Å². The number of carbonyl (C=O) groups excluding carboxylic acids is 1. The van der Waals surface area contributed by atoms with Crippen molar-refractivity contribution in [3.05, 3.63) is 86.5 Å². The number of hydrogen-bond acceptors (Lipinski definition) is 6. The van der Waals surface area contributed by atoms with E-state index in [1.807, 2.05) is 6.92 Å². The second-order valence-corrected chi connectivity index (χ2v) is 15.1. The van der Waals surface area contributed by atoms with E-state index in [2.05, 4.69) is 25.5 Å². The topological polar surface area (TPSA) is 88.5 Å². The number of aromatic nitrogens is 1. The van der Waals surface area contributed by atoms with E-state index in [9.17, 15) is 22.4 Å². The molecule has 1 atom stereocenters. The van der Waals surface area contributed by atoms with Crippen molar-refractivity contribution >= 4 is 45.5 Å². The van der Waals surface area contributed by atoms with Crippen LogP contribution in [0.25, 0.3) is 11.1 Å². The number of nitrogens with one attached hydrogen (secondary N) is 1. The second kappa shape index (κ2) is 12.9. The number of carbonyl (C=O) groups is 1. The van der Waals surface area contributed by atoms with Crippen LogP contribution >= 0.6 is 23.5 Å². The molecule has 7 nitrogen and oxygen atoms in total. The lowest BCUT2D eigenvalue weighted by Crippen LogP contribution is -2.25. The van der Waals surface area contributed by atoms with Crippen LogP contribution < -0.4 is 15.2 Å². The van der Waals surface area contributed by atoms with E-state index in [0.717, 1.165) is 0 Å². The molecular formula is C29H35ClFN3O4S2. The summed E-state index contributed by atoms with van der Waals surface area (Å²) >= 11 is 8.14. The van der Waals surface area contributed by atoms with Gasteiger partial charge < -0.3 is 9.47 Å². The summed E-state index contributed by atoms with van der Waals surface area (Å²) in [6, 6.07) is 10.3. The maximum Gasteiger partial charge on any atom is 0.250 e. The molecule has 3 aromatic rings. The summed E-state index contributed by atoms with van der Waals surface area (Å²) in [5.41, 5.74) is 3.16. The minimum Gasteiger partial charge on any atom is -0.318 e. The first-order chi connectivity index (χ1) is 18.6. The Morgan fingerprint density at radius 3 is 2.38 bits per heavy atom. The fraction of sp³-hybridized carbons (Fsp3) is 0.379. The summed E-state index contributed by atoms with van der Waals surface area (Å²) in [5.74, 6) is -0.721. The van der Waals surface area contributed by atoms with Crippen molar-refractivity contribution in [1.82, 2.24) is 9.29 Å². The van der Waals surface area contributed by atoms with Gasteiger partial charge >= 0.3 is 0 Å². The largest absolute Gasteiger partial charge is 0.318 e. The van der Waals surface area contributed by atoms with Crippen LogP contribution in [0, 0.1) is 5.82 Å². The van der Waals surface area contributed by atoms with Crippen molar-refractivity contribution in [1.29, 1.82) is 0 Å². The molecule has 2 aromatic carbocycles. The third-order valence-electron chi connectivity index (χ3n) is 6.24. The summed E-state index contributed by atoms with van der Waals surface area (Å²) in [6.45, 7) is 9.83. The van der Waals surface area contributed by atoms with E-state index in [-0.39, 0.29) is 39.4 Å². The maximum absolute atomic E-state index is 13.5. The van der Waals surface area contributed by atoms with E-state index in [0.29, 0.717) is 39.9 Å². The fourth-order valence-electron chi connectivity index (χ4n) is 4.03. The summed E-state index contributed by atoms with van der Waals surface area (Å²) in [4.78, 5) is 26.6. The first-order valence-corrected chi connectivity index (χ1v) is 15.8. The van der Waals surface area contributed by atoms with E-state index in [1.165, 1.54) is 33.5 Å². The normalized spacial score (nSPS) is 12.8. The van der Waals surface area contributed by atoms with Crippen LogP contribution in [-0.2, 0) is 34.0 Å². The summed E-state index contributed by atoms with van der Waals surface area (Å²) in [6.07, 6.45) is 2.34. The Balaban J connectivity index is 2.27. The Morgan fingerprint density at radius 1 is 1.15 bits per heavy atom. The lowest BCUT2D eigenvalue weighted by Gasteiger charge is -2.27. The van der Waals surface area contributed by atoms with Gasteiger partial charge in [-0.3, -0.25) is 14.3 Å². The number of hydrogen-bond donors (Lipinski definition) is 1. The highest BCUT2D eigenvalue weighted by molar-refractivity contribution is 7.98. The molecule has 1 N–H and O–H groups in total. The Labute approximate surface area is 244 Å². The summed E-state index contributed by atoms with van der Waals surface area (Å²) in [7, 11) is -1.79. The van der Waals surface area contributed by atoms with Crippen LogP contribution in [0.3, 0.4) is 0 Å². The van der Waals surface area contributed by atoms with Crippen molar-refractivity contribution < 1.29 is 17.6 Å². The zero-order valence-electron chi connectivity index (χ0n) is 23.5. The van der Waals surface area contributed by atoms with Crippen molar-refractivity contribution in [2.45, 2.75) is 57.7 Å². The number of rotatable bonds is 11. The molecule has 0 aliphatic carbocycles. The molecule has 0 spiro atoms. The predicted molar refractivity (Wildman–Crippen MR) is 163 cm³/mol. The highest BCUT2D eigenvalue weighted by Gasteiger charge is 2.24. The van der Waals surface area contributed by atoms with Crippen LogP contribution in [0.1, 0.15) is 57.4 Å². The van der Waals surface area contributed by atoms with Crippen molar-refractivity contribution in [3.63, 3.8) is 0 Å². The number of sulfone groups is 1. The van der Waals surface area contributed by atoms with Gasteiger partial charge in [-0.05, 0) is 68.7 Å². The first kappa shape index (κ1) is 31.9. The molecule has 0 saturated heterocycles. The highest BCUT2D eigenvalue weighted by Crippen LogP contribution is 2.40. The lowest BCUT2D eigenvalue weighted by atomic mass is 9.94. The van der Waals surface area contributed by atoms with Gasteiger partial charge in [-0.15, -0.1) is 0 Å². The molecule has 0 bridgehead atoms. The van der Waals surface area contributed by atoms with E-state index >= 15 is 0 Å². The van der Waals surface area contributed by atoms with Gasteiger partial charge in [0.25, 0.3) is 5.56 Å². The molecule has 3 rings (SSSR count). The second-order valence-electron chi connectivity index (χ2n) is 10.6. The molecular weight excluding hydrogens is 573 g/mol. The fourth-order valence-corrected chi connectivity index (χ4v) is 5.91. The van der Waals surface area contributed by atoms with Crippen LogP contribution in [0.15, 0.2) is 53.5 Å². The van der Waals surface area contributed by atoms with Crippen LogP contribution in [-0.4, -0.2) is 29.9 Å². The standard InChI is InChI=1S/C29H35ClFN3O4S2/c1-7-40(37,38)17-21-12-24(25-16-33(6)28(36)13-23(25)19(2)32-39-29(3,4)5)27(14-26(21)30)34(18-35)15-20-8-10-22(31)11-9-20/h8-14,16,18-19,32H,7,15,17H2,1-6H3/t19-/m0/s1. The quantitative estimate of drug-likeness (QED) is 0.211. The third kappa shape index (κ3) is 8.19. The van der Waals surface area contributed by atoms with Crippen LogP contribution in [0.4, 0.5) is 10.1 Å². The van der Waals surface area contributed by atoms with Gasteiger partial charge in [0, 0.05) is 52.0 Å². The molecule has 0 saturated carbocycles. The van der Waals surface area contributed by atoms with Crippen molar-refractivity contribution in [3.8, 4) is 11.1 Å². The lowest BCUT2D eigenvalue weighted by molar-refractivity contribution is -0.107. The average molecular weight is 608 g/mol. The van der Waals surface area contributed by atoms with Crippen molar-refractivity contribution in [2.75, 3.05) is 10.7 Å². The van der Waals surface area contributed by atoms with Gasteiger partial charge in [0.05, 0.1) is 18.0 Å². The molecule has 11 heteroatoms. The maximum atomic E-state index is 13.5. The average Bonchev–Trinajstić information content (AvgIpc) is 2.89. The van der Waals surface area contributed by atoms with Crippen molar-refractivity contribution in [2.24, 2.45) is 7.05 Å². The number of nitrogens with zero attached hydrogens (tertiary/aromatic N) is 2. The molecule has 216 valence electrons. The molecule has 0 fully saturated rings. The Kier molecular flexibility index (Phi) is 10.3. The van der Waals surface area contributed by atoms with Gasteiger partial charge in [0.1, 0.15) is 5.82 Å². The molecule has 1 aromatic heterocycles. The number of amides is 1. The molecule has 0 unspecified atom stereocenters. The SMILES string of the molecule is CCS(=O)(=O)Cc1cc(-c2cn(C)c(=O)cc2[C@H](C)NSC(C)(C)C)c(N(C=O)Cc2ccc(F)cc2)cc1Cl. The minimum absolute atomic E-state index is 0.0541. The molecule has 0 aliphatic heterocycles. The van der Waals surface area contributed by atoms with E-state index in [1.54, 1.807) is 50.5 Å². The third-order valence-corrected chi connectivity index (χ3v) is 9.31. The Bertz CT molecular complexity index is 1530. The first-order valence-electron chi connectivity index (χ1n) is 12.8. The molecule has 0 radical (unpaired) electrons. The zero-order valence-corrected chi connectivity index (χ0v) is 25.9. The number of anilines is 1. The number of pyridine rings is 1. The van der Waals surface area contributed by atoms with Gasteiger partial charge in [-0.2, -0.15) is 0 Å². The molecule has 1 amide bonds. The van der Waals surface area contributed by atoms with Gasteiger partial charge in [-0.25, -0.2) is 12.8 Å². The number of aryl methyl sites for hydroxylation is 1. The Morgan fingerprint density at radius 2 is 1.80 bits per heavy atom. The van der Waals surface area contributed by atoms with E-state index in [4.69, 9.17) is 11.6 Å². The summed E-state index contributed by atoms with van der Waals surface area (Å²) in [5, 5.41) is 0.197. The monoisotopic (exact) mass is 607 g/mol.